The molecule has 0 bridgehead atoms. The lowest BCUT2D eigenvalue weighted by molar-refractivity contribution is 0.132. The van der Waals surface area contributed by atoms with Gasteiger partial charge in [-0.1, -0.05) is 35.0 Å². The second kappa shape index (κ2) is 6.45. The van der Waals surface area contributed by atoms with Crippen LogP contribution in [0.15, 0.2) is 41.1 Å². The molecule has 0 fully saturated rings. The van der Waals surface area contributed by atoms with Gasteiger partial charge >= 0.3 is 0 Å². The summed E-state index contributed by atoms with van der Waals surface area (Å²) < 4.78 is 0. The van der Waals surface area contributed by atoms with Gasteiger partial charge in [0.05, 0.1) is 6.21 Å². The van der Waals surface area contributed by atoms with Crippen molar-refractivity contribution in [3.63, 3.8) is 0 Å². The fraction of sp³-hybridized carbons (Fsp3) is 0.357. The van der Waals surface area contributed by atoms with Crippen LogP contribution in [0.2, 0.25) is 5.02 Å². The molecule has 1 aromatic rings. The summed E-state index contributed by atoms with van der Waals surface area (Å²) in [6.07, 6.45) is 8.90. The lowest BCUT2D eigenvalue weighted by atomic mass is 10.0. The average molecular weight is 250 g/mol. The summed E-state index contributed by atoms with van der Waals surface area (Å²) in [5.41, 5.74) is 2.36. The molecular formula is C14H16ClNO. The molecule has 0 aliphatic heterocycles. The van der Waals surface area contributed by atoms with E-state index in [0.29, 0.717) is 6.61 Å². The van der Waals surface area contributed by atoms with Crippen LogP contribution in [0.3, 0.4) is 0 Å². The van der Waals surface area contributed by atoms with E-state index in [1.165, 1.54) is 24.8 Å². The van der Waals surface area contributed by atoms with Crippen LogP contribution in [-0.4, -0.2) is 6.21 Å². The van der Waals surface area contributed by atoms with E-state index in [4.69, 9.17) is 16.4 Å². The van der Waals surface area contributed by atoms with Gasteiger partial charge in [-0.3, -0.25) is 0 Å². The Balaban J connectivity index is 1.77. The van der Waals surface area contributed by atoms with Gasteiger partial charge in [0.25, 0.3) is 0 Å². The van der Waals surface area contributed by atoms with Crippen molar-refractivity contribution in [2.75, 3.05) is 0 Å². The molecule has 90 valence electrons. The lowest BCUT2D eigenvalue weighted by Crippen LogP contribution is -1.94. The highest BCUT2D eigenvalue weighted by molar-refractivity contribution is 6.30. The molecule has 0 atom stereocenters. The van der Waals surface area contributed by atoms with E-state index in [2.05, 4.69) is 11.2 Å². The van der Waals surface area contributed by atoms with Crippen LogP contribution in [0.5, 0.6) is 0 Å². The largest absolute Gasteiger partial charge is 0.391 e. The van der Waals surface area contributed by atoms with Crippen molar-refractivity contribution in [2.24, 2.45) is 5.16 Å². The molecule has 0 radical (unpaired) electrons. The molecule has 1 aromatic carbocycles. The number of hydrogen-bond donors (Lipinski definition) is 0. The van der Waals surface area contributed by atoms with Gasteiger partial charge in [-0.2, -0.15) is 0 Å². The summed E-state index contributed by atoms with van der Waals surface area (Å²) in [4.78, 5) is 5.25. The maximum Gasteiger partial charge on any atom is 0.142 e. The fourth-order valence-electron chi connectivity index (χ4n) is 1.78. The minimum absolute atomic E-state index is 0.487. The third-order valence-corrected chi connectivity index (χ3v) is 3.02. The molecular weight excluding hydrogens is 234 g/mol. The van der Waals surface area contributed by atoms with E-state index in [1.54, 1.807) is 0 Å². The first-order chi connectivity index (χ1) is 8.34. The fourth-order valence-corrected chi connectivity index (χ4v) is 1.90. The molecule has 17 heavy (non-hydrogen) atoms. The topological polar surface area (TPSA) is 21.6 Å². The van der Waals surface area contributed by atoms with Gasteiger partial charge < -0.3 is 4.84 Å². The van der Waals surface area contributed by atoms with Gasteiger partial charge in [-0.15, -0.1) is 0 Å². The number of benzene rings is 1. The minimum Gasteiger partial charge on any atom is -0.391 e. The quantitative estimate of drug-likeness (QED) is 0.575. The SMILES string of the molecule is Clc1ccc(CON=CC2=CCCCC2)cc1. The zero-order valence-corrected chi connectivity index (χ0v) is 10.5. The smallest absolute Gasteiger partial charge is 0.142 e. The summed E-state index contributed by atoms with van der Waals surface area (Å²) in [7, 11) is 0. The van der Waals surface area contributed by atoms with Crippen LogP contribution in [0, 0.1) is 0 Å². The van der Waals surface area contributed by atoms with Crippen LogP contribution in [0.1, 0.15) is 31.2 Å². The second-order valence-corrected chi connectivity index (χ2v) is 4.60. The Labute approximate surface area is 107 Å². The Morgan fingerprint density at radius 1 is 1.24 bits per heavy atom. The highest BCUT2D eigenvalue weighted by Gasteiger charge is 2.00. The Kier molecular flexibility index (Phi) is 4.63. The zero-order valence-electron chi connectivity index (χ0n) is 9.73. The Morgan fingerprint density at radius 2 is 2.06 bits per heavy atom. The first-order valence-electron chi connectivity index (χ1n) is 5.93. The first-order valence-corrected chi connectivity index (χ1v) is 6.31. The molecule has 0 amide bonds. The van der Waals surface area contributed by atoms with Crippen molar-refractivity contribution >= 4 is 17.8 Å². The van der Waals surface area contributed by atoms with Crippen LogP contribution < -0.4 is 0 Å². The van der Waals surface area contributed by atoms with Crippen LogP contribution in [0.4, 0.5) is 0 Å². The van der Waals surface area contributed by atoms with Crippen molar-refractivity contribution in [2.45, 2.75) is 32.3 Å². The van der Waals surface area contributed by atoms with Crippen molar-refractivity contribution in [1.29, 1.82) is 0 Å². The van der Waals surface area contributed by atoms with Crippen molar-refractivity contribution in [3.8, 4) is 0 Å². The van der Waals surface area contributed by atoms with E-state index in [1.807, 2.05) is 30.5 Å². The van der Waals surface area contributed by atoms with Gasteiger partial charge in [0.15, 0.2) is 0 Å². The predicted octanol–water partition coefficient (Wildman–Crippen LogP) is 4.34. The Hall–Kier alpha value is -1.28. The minimum atomic E-state index is 0.487. The highest BCUT2D eigenvalue weighted by Crippen LogP contribution is 2.15. The molecule has 0 spiro atoms. The molecule has 2 rings (SSSR count). The summed E-state index contributed by atoms with van der Waals surface area (Å²) in [5, 5.41) is 4.73. The van der Waals surface area contributed by atoms with Crippen LogP contribution in [-0.2, 0) is 11.4 Å². The van der Waals surface area contributed by atoms with E-state index in [0.717, 1.165) is 17.0 Å². The van der Waals surface area contributed by atoms with Crippen LogP contribution in [0.25, 0.3) is 0 Å². The van der Waals surface area contributed by atoms with Gasteiger partial charge in [0, 0.05) is 5.02 Å². The van der Waals surface area contributed by atoms with Gasteiger partial charge in [0.2, 0.25) is 0 Å². The second-order valence-electron chi connectivity index (χ2n) is 4.16. The molecule has 0 saturated heterocycles. The first kappa shape index (κ1) is 12.2. The Bertz CT molecular complexity index is 409. The zero-order chi connectivity index (χ0) is 11.9. The van der Waals surface area contributed by atoms with E-state index >= 15 is 0 Å². The molecule has 0 unspecified atom stereocenters. The molecule has 2 nitrogen and oxygen atoms in total. The molecule has 0 aromatic heterocycles. The molecule has 1 aliphatic carbocycles. The number of halogens is 1. The highest BCUT2D eigenvalue weighted by atomic mass is 35.5. The number of hydrogen-bond acceptors (Lipinski definition) is 2. The summed E-state index contributed by atoms with van der Waals surface area (Å²) >= 11 is 5.80. The third kappa shape index (κ3) is 4.23. The van der Waals surface area contributed by atoms with E-state index in [9.17, 15) is 0 Å². The monoisotopic (exact) mass is 249 g/mol. The van der Waals surface area contributed by atoms with Crippen molar-refractivity contribution in [3.05, 3.63) is 46.5 Å². The number of allylic oxidation sites excluding steroid dienone is 2. The molecule has 0 heterocycles. The molecule has 3 heteroatoms. The summed E-state index contributed by atoms with van der Waals surface area (Å²) in [5.74, 6) is 0. The molecule has 0 N–H and O–H groups in total. The summed E-state index contributed by atoms with van der Waals surface area (Å²) in [6.45, 7) is 0.487. The lowest BCUT2D eigenvalue weighted by Gasteiger charge is -2.07. The molecule has 0 saturated carbocycles. The van der Waals surface area contributed by atoms with Gasteiger partial charge in [0.1, 0.15) is 6.61 Å². The van der Waals surface area contributed by atoms with Crippen molar-refractivity contribution in [1.82, 2.24) is 0 Å². The maximum atomic E-state index is 5.80. The van der Waals surface area contributed by atoms with E-state index in [-0.39, 0.29) is 0 Å². The number of rotatable bonds is 4. The standard InChI is InChI=1S/C14H16ClNO/c15-14-8-6-13(7-9-14)11-17-16-10-12-4-2-1-3-5-12/h4,6-10H,1-3,5,11H2. The average Bonchev–Trinajstić information content (AvgIpc) is 2.38. The molecule has 1 aliphatic rings. The number of oxime groups is 1. The van der Waals surface area contributed by atoms with Crippen LogP contribution >= 0.6 is 11.6 Å². The number of nitrogens with zero attached hydrogens (tertiary/aromatic N) is 1. The van der Waals surface area contributed by atoms with Gasteiger partial charge in [-0.05, 0) is 49.0 Å². The normalized spacial score (nSPS) is 15.9. The maximum absolute atomic E-state index is 5.80. The third-order valence-electron chi connectivity index (χ3n) is 2.76. The predicted molar refractivity (Wildman–Crippen MR) is 71.3 cm³/mol. The summed E-state index contributed by atoms with van der Waals surface area (Å²) in [6, 6.07) is 7.59. The van der Waals surface area contributed by atoms with Crippen molar-refractivity contribution < 1.29 is 4.84 Å². The van der Waals surface area contributed by atoms with Gasteiger partial charge in [-0.25, -0.2) is 0 Å². The Morgan fingerprint density at radius 3 is 2.76 bits per heavy atom. The van der Waals surface area contributed by atoms with E-state index < -0.39 is 0 Å².